The normalized spacial score (nSPS) is 10.0. The third-order valence-electron chi connectivity index (χ3n) is 2.62. The number of nitrogens with two attached hydrogens (primary N) is 1. The number of nitrogen functional groups attached to an aromatic ring is 1. The minimum Gasteiger partial charge on any atom is -0.495 e. The Balaban J connectivity index is 2.23. The van der Waals surface area contributed by atoms with Crippen LogP contribution < -0.4 is 15.8 Å². The van der Waals surface area contributed by atoms with Crippen molar-refractivity contribution in [2.75, 3.05) is 18.2 Å². The first-order valence-corrected chi connectivity index (χ1v) is 5.99. The van der Waals surface area contributed by atoms with Crippen LogP contribution in [0.1, 0.15) is 10.4 Å². The summed E-state index contributed by atoms with van der Waals surface area (Å²) in [6.07, 6.45) is 0. The second-order valence-electron chi connectivity index (χ2n) is 3.89. The number of para-hydroxylation sites is 1. The molecule has 0 aliphatic heterocycles. The average molecular weight is 277 g/mol. The molecule has 0 aliphatic rings. The molecule has 0 unspecified atom stereocenters. The molecule has 3 N–H and O–H groups in total. The Morgan fingerprint density at radius 3 is 2.68 bits per heavy atom. The molecule has 2 rings (SSSR count). The van der Waals surface area contributed by atoms with Gasteiger partial charge in [-0.15, -0.1) is 0 Å². The van der Waals surface area contributed by atoms with Crippen LogP contribution in [0.2, 0.25) is 5.02 Å². The van der Waals surface area contributed by atoms with Crippen LogP contribution in [-0.4, -0.2) is 13.0 Å². The highest BCUT2D eigenvalue weighted by atomic mass is 35.5. The largest absolute Gasteiger partial charge is 0.495 e. The summed E-state index contributed by atoms with van der Waals surface area (Å²) in [5, 5.41) is 3.21. The Morgan fingerprint density at radius 2 is 2.00 bits per heavy atom. The molecule has 1 amide bonds. The maximum absolute atomic E-state index is 12.1. The van der Waals surface area contributed by atoms with E-state index in [9.17, 15) is 4.79 Å². The van der Waals surface area contributed by atoms with Crippen molar-refractivity contribution in [3.63, 3.8) is 0 Å². The van der Waals surface area contributed by atoms with Crippen LogP contribution in [0.4, 0.5) is 11.4 Å². The maximum Gasteiger partial charge on any atom is 0.255 e. The molecule has 19 heavy (non-hydrogen) atoms. The molecule has 0 aromatic heterocycles. The number of amides is 1. The van der Waals surface area contributed by atoms with Crippen molar-refractivity contribution >= 4 is 28.9 Å². The molecule has 98 valence electrons. The molecule has 0 saturated heterocycles. The zero-order valence-electron chi connectivity index (χ0n) is 10.3. The third kappa shape index (κ3) is 2.98. The number of carbonyl (C=O) groups excluding carboxylic acids is 1. The van der Waals surface area contributed by atoms with Gasteiger partial charge in [0.2, 0.25) is 0 Å². The molecular weight excluding hydrogens is 264 g/mol. The van der Waals surface area contributed by atoms with Crippen LogP contribution in [0.5, 0.6) is 5.75 Å². The van der Waals surface area contributed by atoms with Gasteiger partial charge in [-0.1, -0.05) is 23.7 Å². The van der Waals surface area contributed by atoms with Gasteiger partial charge in [0.05, 0.1) is 23.5 Å². The lowest BCUT2D eigenvalue weighted by molar-refractivity contribution is 0.102. The molecule has 0 saturated carbocycles. The topological polar surface area (TPSA) is 64.3 Å². The van der Waals surface area contributed by atoms with Gasteiger partial charge in [-0.25, -0.2) is 0 Å². The lowest BCUT2D eigenvalue weighted by atomic mass is 10.1. The number of halogens is 1. The zero-order valence-corrected chi connectivity index (χ0v) is 11.1. The number of hydrogen-bond donors (Lipinski definition) is 2. The van der Waals surface area contributed by atoms with Gasteiger partial charge in [0.25, 0.3) is 5.91 Å². The van der Waals surface area contributed by atoms with E-state index in [0.717, 1.165) is 0 Å². The summed E-state index contributed by atoms with van der Waals surface area (Å²) in [6, 6.07) is 11.9. The molecule has 5 heteroatoms. The summed E-state index contributed by atoms with van der Waals surface area (Å²) >= 11 is 5.98. The van der Waals surface area contributed by atoms with E-state index < -0.39 is 0 Å². The number of anilines is 2. The molecule has 0 aliphatic carbocycles. The molecular formula is C14H13ClN2O2. The van der Waals surface area contributed by atoms with Crippen molar-refractivity contribution in [3.05, 3.63) is 53.1 Å². The number of carbonyl (C=O) groups is 1. The fraction of sp³-hybridized carbons (Fsp3) is 0.0714. The van der Waals surface area contributed by atoms with E-state index in [2.05, 4.69) is 5.32 Å². The van der Waals surface area contributed by atoms with Gasteiger partial charge in [0.1, 0.15) is 5.75 Å². The second kappa shape index (κ2) is 5.63. The van der Waals surface area contributed by atoms with E-state index in [4.69, 9.17) is 22.1 Å². The molecule has 4 nitrogen and oxygen atoms in total. The first kappa shape index (κ1) is 13.2. The smallest absolute Gasteiger partial charge is 0.255 e. The van der Waals surface area contributed by atoms with Crippen molar-refractivity contribution in [3.8, 4) is 5.75 Å². The van der Waals surface area contributed by atoms with Crippen LogP contribution in [0, 0.1) is 0 Å². The fourth-order valence-electron chi connectivity index (χ4n) is 1.61. The zero-order chi connectivity index (χ0) is 13.8. The SMILES string of the molecule is COc1cc(C(=O)Nc2ccccc2Cl)ccc1N. The van der Waals surface area contributed by atoms with Gasteiger partial charge in [0, 0.05) is 5.56 Å². The number of ether oxygens (including phenoxy) is 1. The van der Waals surface area contributed by atoms with Crippen molar-refractivity contribution < 1.29 is 9.53 Å². The molecule has 0 radical (unpaired) electrons. The van der Waals surface area contributed by atoms with E-state index in [1.54, 1.807) is 42.5 Å². The average Bonchev–Trinajstić information content (AvgIpc) is 2.42. The highest BCUT2D eigenvalue weighted by Gasteiger charge is 2.10. The van der Waals surface area contributed by atoms with Crippen LogP contribution in [0.15, 0.2) is 42.5 Å². The Kier molecular flexibility index (Phi) is 3.92. The van der Waals surface area contributed by atoms with Crippen molar-refractivity contribution in [2.45, 2.75) is 0 Å². The Bertz CT molecular complexity index is 614. The summed E-state index contributed by atoms with van der Waals surface area (Å²) in [5.41, 5.74) is 7.19. The summed E-state index contributed by atoms with van der Waals surface area (Å²) in [5.74, 6) is 0.193. The number of nitrogens with one attached hydrogen (secondary N) is 1. The van der Waals surface area contributed by atoms with Crippen LogP contribution in [0.3, 0.4) is 0 Å². The minimum absolute atomic E-state index is 0.272. The molecule has 0 bridgehead atoms. The summed E-state index contributed by atoms with van der Waals surface area (Å²) in [7, 11) is 1.50. The second-order valence-corrected chi connectivity index (χ2v) is 4.30. The van der Waals surface area contributed by atoms with Gasteiger partial charge in [-0.3, -0.25) is 4.79 Å². The molecule has 2 aromatic rings. The van der Waals surface area contributed by atoms with Gasteiger partial charge < -0.3 is 15.8 Å². The van der Waals surface area contributed by atoms with Crippen molar-refractivity contribution in [1.82, 2.24) is 0 Å². The minimum atomic E-state index is -0.272. The van der Waals surface area contributed by atoms with Crippen molar-refractivity contribution in [1.29, 1.82) is 0 Å². The van der Waals surface area contributed by atoms with Crippen LogP contribution >= 0.6 is 11.6 Å². The monoisotopic (exact) mass is 276 g/mol. The molecule has 2 aromatic carbocycles. The third-order valence-corrected chi connectivity index (χ3v) is 2.95. The van der Waals surface area contributed by atoms with Crippen LogP contribution in [0.25, 0.3) is 0 Å². The van der Waals surface area contributed by atoms with E-state index in [1.165, 1.54) is 7.11 Å². The predicted molar refractivity (Wildman–Crippen MR) is 76.8 cm³/mol. The highest BCUT2D eigenvalue weighted by molar-refractivity contribution is 6.33. The lowest BCUT2D eigenvalue weighted by Crippen LogP contribution is -2.12. The van der Waals surface area contributed by atoms with Crippen LogP contribution in [-0.2, 0) is 0 Å². The number of benzene rings is 2. The summed E-state index contributed by atoms with van der Waals surface area (Å²) < 4.78 is 5.08. The van der Waals surface area contributed by atoms with E-state index in [-0.39, 0.29) is 5.91 Å². The molecule has 0 atom stereocenters. The summed E-state index contributed by atoms with van der Waals surface area (Å²) in [6.45, 7) is 0. The molecule has 0 spiro atoms. The Labute approximate surface area is 116 Å². The highest BCUT2D eigenvalue weighted by Crippen LogP contribution is 2.24. The number of methoxy groups -OCH3 is 1. The van der Waals surface area contributed by atoms with Crippen molar-refractivity contribution in [2.24, 2.45) is 0 Å². The number of rotatable bonds is 3. The number of hydrogen-bond acceptors (Lipinski definition) is 3. The Morgan fingerprint density at radius 1 is 1.26 bits per heavy atom. The van der Waals surface area contributed by atoms with E-state index >= 15 is 0 Å². The quantitative estimate of drug-likeness (QED) is 0.846. The van der Waals surface area contributed by atoms with Gasteiger partial charge in [-0.05, 0) is 30.3 Å². The lowest BCUT2D eigenvalue weighted by Gasteiger charge is -2.09. The molecule has 0 fully saturated rings. The first-order valence-electron chi connectivity index (χ1n) is 5.61. The fourth-order valence-corrected chi connectivity index (χ4v) is 1.79. The van der Waals surface area contributed by atoms with Gasteiger partial charge >= 0.3 is 0 Å². The van der Waals surface area contributed by atoms with Gasteiger partial charge in [-0.2, -0.15) is 0 Å². The van der Waals surface area contributed by atoms with E-state index in [0.29, 0.717) is 27.7 Å². The standard InChI is InChI=1S/C14H13ClN2O2/c1-19-13-8-9(6-7-11(13)16)14(18)17-12-5-3-2-4-10(12)15/h2-8H,16H2,1H3,(H,17,18). The Hall–Kier alpha value is -2.20. The molecule has 0 heterocycles. The van der Waals surface area contributed by atoms with Gasteiger partial charge in [0.15, 0.2) is 0 Å². The predicted octanol–water partition coefficient (Wildman–Crippen LogP) is 3.18. The summed E-state index contributed by atoms with van der Waals surface area (Å²) in [4.78, 5) is 12.1. The first-order chi connectivity index (χ1) is 9.11. The maximum atomic E-state index is 12.1. The van der Waals surface area contributed by atoms with E-state index in [1.807, 2.05) is 0 Å².